The Hall–Kier alpha value is -1.64. The summed E-state index contributed by atoms with van der Waals surface area (Å²) in [5.74, 6) is 0. The SMILES string of the molecule is CN(CCCO)Cc1ccc(-c2ccccc2)cc1. The number of benzene rings is 2. The first-order chi connectivity index (χ1) is 9.29. The summed E-state index contributed by atoms with van der Waals surface area (Å²) in [4.78, 5) is 2.23. The lowest BCUT2D eigenvalue weighted by atomic mass is 10.0. The molecular weight excluding hydrogens is 234 g/mol. The molecule has 0 saturated carbocycles. The van der Waals surface area contributed by atoms with Crippen molar-refractivity contribution in [2.45, 2.75) is 13.0 Å². The second-order valence-electron chi connectivity index (χ2n) is 4.88. The summed E-state index contributed by atoms with van der Waals surface area (Å²) in [6.07, 6.45) is 0.832. The molecule has 0 spiro atoms. The van der Waals surface area contributed by atoms with E-state index in [1.807, 2.05) is 6.07 Å². The molecule has 0 aliphatic carbocycles. The summed E-state index contributed by atoms with van der Waals surface area (Å²) < 4.78 is 0. The van der Waals surface area contributed by atoms with Crippen LogP contribution >= 0.6 is 0 Å². The van der Waals surface area contributed by atoms with Crippen LogP contribution in [0.2, 0.25) is 0 Å². The van der Waals surface area contributed by atoms with E-state index >= 15 is 0 Å². The van der Waals surface area contributed by atoms with Gasteiger partial charge in [0.25, 0.3) is 0 Å². The van der Waals surface area contributed by atoms with Gasteiger partial charge in [-0.05, 0) is 30.2 Å². The van der Waals surface area contributed by atoms with E-state index in [1.54, 1.807) is 0 Å². The smallest absolute Gasteiger partial charge is 0.0443 e. The van der Waals surface area contributed by atoms with Gasteiger partial charge < -0.3 is 10.0 Å². The summed E-state index contributed by atoms with van der Waals surface area (Å²) in [5.41, 5.74) is 3.81. The van der Waals surface area contributed by atoms with Crippen molar-refractivity contribution in [3.8, 4) is 11.1 Å². The maximum Gasteiger partial charge on any atom is 0.0443 e. The van der Waals surface area contributed by atoms with Crippen molar-refractivity contribution < 1.29 is 5.11 Å². The van der Waals surface area contributed by atoms with Gasteiger partial charge in [-0.15, -0.1) is 0 Å². The van der Waals surface area contributed by atoms with E-state index in [-0.39, 0.29) is 6.61 Å². The van der Waals surface area contributed by atoms with Crippen molar-refractivity contribution in [3.63, 3.8) is 0 Å². The van der Waals surface area contributed by atoms with Crippen LogP contribution < -0.4 is 0 Å². The number of nitrogens with zero attached hydrogens (tertiary/aromatic N) is 1. The predicted molar refractivity (Wildman–Crippen MR) is 79.9 cm³/mol. The fraction of sp³-hybridized carbons (Fsp3) is 0.294. The molecule has 2 aromatic carbocycles. The van der Waals surface area contributed by atoms with E-state index in [4.69, 9.17) is 5.11 Å². The Balaban J connectivity index is 1.99. The first kappa shape index (κ1) is 13.8. The first-order valence-electron chi connectivity index (χ1n) is 6.73. The van der Waals surface area contributed by atoms with Crippen LogP contribution in [0.5, 0.6) is 0 Å². The number of aliphatic hydroxyl groups excluding tert-OH is 1. The highest BCUT2D eigenvalue weighted by atomic mass is 16.3. The second kappa shape index (κ2) is 7.07. The molecule has 0 aliphatic rings. The van der Waals surface area contributed by atoms with Gasteiger partial charge in [-0.25, -0.2) is 0 Å². The van der Waals surface area contributed by atoms with Crippen LogP contribution in [0.3, 0.4) is 0 Å². The minimum Gasteiger partial charge on any atom is -0.396 e. The Morgan fingerprint density at radius 2 is 1.53 bits per heavy atom. The fourth-order valence-corrected chi connectivity index (χ4v) is 2.16. The predicted octanol–water partition coefficient (Wildman–Crippen LogP) is 3.17. The highest BCUT2D eigenvalue weighted by Crippen LogP contribution is 2.19. The maximum atomic E-state index is 8.82. The third-order valence-corrected chi connectivity index (χ3v) is 3.21. The third kappa shape index (κ3) is 4.19. The van der Waals surface area contributed by atoms with Crippen LogP contribution in [0, 0.1) is 0 Å². The molecule has 0 radical (unpaired) electrons. The van der Waals surface area contributed by atoms with Gasteiger partial charge in [0.05, 0.1) is 0 Å². The van der Waals surface area contributed by atoms with E-state index in [2.05, 4.69) is 60.5 Å². The van der Waals surface area contributed by atoms with Crippen molar-refractivity contribution >= 4 is 0 Å². The van der Waals surface area contributed by atoms with E-state index < -0.39 is 0 Å². The van der Waals surface area contributed by atoms with Crippen molar-refractivity contribution in [2.24, 2.45) is 0 Å². The van der Waals surface area contributed by atoms with Crippen molar-refractivity contribution in [3.05, 3.63) is 60.2 Å². The van der Waals surface area contributed by atoms with Crippen LogP contribution in [0.4, 0.5) is 0 Å². The van der Waals surface area contributed by atoms with Crippen molar-refractivity contribution in [1.29, 1.82) is 0 Å². The number of rotatable bonds is 6. The molecule has 0 fully saturated rings. The lowest BCUT2D eigenvalue weighted by Crippen LogP contribution is -2.19. The van der Waals surface area contributed by atoms with Gasteiger partial charge in [-0.1, -0.05) is 54.6 Å². The molecule has 0 saturated heterocycles. The first-order valence-corrected chi connectivity index (χ1v) is 6.73. The normalized spacial score (nSPS) is 10.9. The monoisotopic (exact) mass is 255 g/mol. The molecule has 0 amide bonds. The van der Waals surface area contributed by atoms with Gasteiger partial charge in [0.2, 0.25) is 0 Å². The summed E-state index contributed by atoms with van der Waals surface area (Å²) in [6.45, 7) is 2.11. The molecule has 0 aromatic heterocycles. The van der Waals surface area contributed by atoms with E-state index in [0.29, 0.717) is 0 Å². The van der Waals surface area contributed by atoms with Gasteiger partial charge in [0.1, 0.15) is 0 Å². The standard InChI is InChI=1S/C17H21NO/c1-18(12-5-13-19)14-15-8-10-17(11-9-15)16-6-3-2-4-7-16/h2-4,6-11,19H,5,12-14H2,1H3. The maximum absolute atomic E-state index is 8.82. The highest BCUT2D eigenvalue weighted by molar-refractivity contribution is 5.63. The molecule has 0 aliphatic heterocycles. The largest absolute Gasteiger partial charge is 0.396 e. The third-order valence-electron chi connectivity index (χ3n) is 3.21. The molecule has 0 atom stereocenters. The van der Waals surface area contributed by atoms with Gasteiger partial charge in [0, 0.05) is 19.7 Å². The topological polar surface area (TPSA) is 23.5 Å². The summed E-state index contributed by atoms with van der Waals surface area (Å²) >= 11 is 0. The van der Waals surface area contributed by atoms with Crippen molar-refractivity contribution in [2.75, 3.05) is 20.2 Å². The molecule has 0 bridgehead atoms. The highest BCUT2D eigenvalue weighted by Gasteiger charge is 2.01. The Labute approximate surface area is 115 Å². The zero-order valence-electron chi connectivity index (χ0n) is 11.4. The quantitative estimate of drug-likeness (QED) is 0.857. The van der Waals surface area contributed by atoms with Crippen LogP contribution in [0.15, 0.2) is 54.6 Å². The molecule has 2 aromatic rings. The lowest BCUT2D eigenvalue weighted by Gasteiger charge is -2.16. The summed E-state index contributed by atoms with van der Waals surface area (Å²) in [7, 11) is 2.08. The van der Waals surface area contributed by atoms with Gasteiger partial charge >= 0.3 is 0 Å². The average Bonchev–Trinajstić information content (AvgIpc) is 2.47. The molecule has 0 heterocycles. The zero-order valence-corrected chi connectivity index (χ0v) is 11.4. The minimum absolute atomic E-state index is 0.261. The van der Waals surface area contributed by atoms with E-state index in [1.165, 1.54) is 16.7 Å². The molecule has 100 valence electrons. The minimum atomic E-state index is 0.261. The Morgan fingerprint density at radius 1 is 0.895 bits per heavy atom. The number of hydrogen-bond donors (Lipinski definition) is 1. The number of aliphatic hydroxyl groups is 1. The molecule has 0 unspecified atom stereocenters. The van der Waals surface area contributed by atoms with Crippen LogP contribution in [-0.2, 0) is 6.54 Å². The van der Waals surface area contributed by atoms with Crippen LogP contribution in [0.25, 0.3) is 11.1 Å². The fourth-order valence-electron chi connectivity index (χ4n) is 2.16. The number of hydrogen-bond acceptors (Lipinski definition) is 2. The van der Waals surface area contributed by atoms with Gasteiger partial charge in [-0.2, -0.15) is 0 Å². The Kier molecular flexibility index (Phi) is 5.13. The Bertz CT molecular complexity index is 478. The second-order valence-corrected chi connectivity index (χ2v) is 4.88. The van der Waals surface area contributed by atoms with Gasteiger partial charge in [-0.3, -0.25) is 0 Å². The molecule has 19 heavy (non-hydrogen) atoms. The summed E-state index contributed by atoms with van der Waals surface area (Å²) in [5, 5.41) is 8.82. The molecule has 2 heteroatoms. The Morgan fingerprint density at radius 3 is 2.16 bits per heavy atom. The van der Waals surface area contributed by atoms with Gasteiger partial charge in [0.15, 0.2) is 0 Å². The zero-order chi connectivity index (χ0) is 13.5. The van der Waals surface area contributed by atoms with E-state index in [0.717, 1.165) is 19.5 Å². The molecular formula is C17H21NO. The van der Waals surface area contributed by atoms with Crippen molar-refractivity contribution in [1.82, 2.24) is 4.90 Å². The van der Waals surface area contributed by atoms with Crippen LogP contribution in [-0.4, -0.2) is 30.2 Å². The summed E-state index contributed by atoms with van der Waals surface area (Å²) in [6, 6.07) is 19.1. The molecule has 2 nitrogen and oxygen atoms in total. The van der Waals surface area contributed by atoms with Crippen LogP contribution in [0.1, 0.15) is 12.0 Å². The van der Waals surface area contributed by atoms with E-state index in [9.17, 15) is 0 Å². The lowest BCUT2D eigenvalue weighted by molar-refractivity contribution is 0.244. The molecule has 1 N–H and O–H groups in total. The molecule has 2 rings (SSSR count). The average molecular weight is 255 g/mol.